The third kappa shape index (κ3) is 3.70. The van der Waals surface area contributed by atoms with Gasteiger partial charge in [-0.3, -0.25) is 20.3 Å². The topological polar surface area (TPSA) is 87.8 Å². The number of carbonyl (C=O) groups excluding carboxylic acids is 1. The third-order valence-corrected chi connectivity index (χ3v) is 2.19. The van der Waals surface area contributed by atoms with Crippen molar-refractivity contribution in [3.8, 4) is 0 Å². The normalized spacial score (nSPS) is 10.9. The standard InChI is InChI=1S/C10H11ClN4O3/c1-14(2)10(16)9(11)13-12-7-3-5-8(6-4-7)15(17)18/h3-6,12H,1-2H3/b13-9+. The second-order valence-corrected chi connectivity index (χ2v) is 3.88. The van der Waals surface area contributed by atoms with Gasteiger partial charge in [0.1, 0.15) is 0 Å². The molecule has 0 bridgehead atoms. The fourth-order valence-electron chi connectivity index (χ4n) is 1.00. The molecule has 1 aromatic rings. The van der Waals surface area contributed by atoms with Crippen molar-refractivity contribution in [1.82, 2.24) is 4.90 Å². The van der Waals surface area contributed by atoms with Crippen LogP contribution in [-0.4, -0.2) is 35.0 Å². The van der Waals surface area contributed by atoms with E-state index < -0.39 is 10.8 Å². The molecule has 0 aliphatic carbocycles. The lowest BCUT2D eigenvalue weighted by Crippen LogP contribution is -2.27. The highest BCUT2D eigenvalue weighted by Crippen LogP contribution is 2.15. The first-order valence-electron chi connectivity index (χ1n) is 4.87. The predicted molar refractivity (Wildman–Crippen MR) is 68.7 cm³/mol. The molecule has 1 amide bonds. The average molecular weight is 271 g/mol. The van der Waals surface area contributed by atoms with E-state index in [0.717, 1.165) is 0 Å². The smallest absolute Gasteiger partial charge is 0.285 e. The van der Waals surface area contributed by atoms with Crippen LogP contribution in [0.1, 0.15) is 0 Å². The number of rotatable bonds is 4. The van der Waals surface area contributed by atoms with E-state index in [0.29, 0.717) is 5.69 Å². The van der Waals surface area contributed by atoms with Gasteiger partial charge in [-0.05, 0) is 12.1 Å². The Hall–Kier alpha value is -2.15. The lowest BCUT2D eigenvalue weighted by Gasteiger charge is -2.08. The highest BCUT2D eigenvalue weighted by atomic mass is 35.5. The summed E-state index contributed by atoms with van der Waals surface area (Å²) in [6.07, 6.45) is 0. The molecule has 0 heterocycles. The van der Waals surface area contributed by atoms with Crippen LogP contribution in [0, 0.1) is 10.1 Å². The second-order valence-electron chi connectivity index (χ2n) is 3.52. The van der Waals surface area contributed by atoms with Crippen molar-refractivity contribution in [2.45, 2.75) is 0 Å². The van der Waals surface area contributed by atoms with E-state index in [4.69, 9.17) is 11.6 Å². The van der Waals surface area contributed by atoms with E-state index in [1.54, 1.807) is 14.1 Å². The number of hydrazone groups is 1. The van der Waals surface area contributed by atoms with E-state index in [2.05, 4.69) is 10.5 Å². The minimum atomic E-state index is -0.504. The van der Waals surface area contributed by atoms with E-state index in [1.807, 2.05) is 0 Å². The van der Waals surface area contributed by atoms with Crippen LogP contribution in [0.15, 0.2) is 29.4 Å². The van der Waals surface area contributed by atoms with Gasteiger partial charge in [-0.1, -0.05) is 11.6 Å². The minimum Gasteiger partial charge on any atom is -0.343 e. The predicted octanol–water partition coefficient (Wildman–Crippen LogP) is 1.65. The zero-order chi connectivity index (χ0) is 13.7. The van der Waals surface area contributed by atoms with E-state index in [9.17, 15) is 14.9 Å². The summed E-state index contributed by atoms with van der Waals surface area (Å²) in [5.74, 6) is -0.439. The van der Waals surface area contributed by atoms with Crippen molar-refractivity contribution in [3.63, 3.8) is 0 Å². The Morgan fingerprint density at radius 1 is 1.39 bits per heavy atom. The number of non-ortho nitro benzene ring substituents is 1. The van der Waals surface area contributed by atoms with Gasteiger partial charge in [0.05, 0.1) is 10.6 Å². The molecule has 1 N–H and O–H groups in total. The van der Waals surface area contributed by atoms with Crippen LogP contribution in [0.3, 0.4) is 0 Å². The Balaban J connectivity index is 2.71. The Morgan fingerprint density at radius 3 is 2.39 bits per heavy atom. The van der Waals surface area contributed by atoms with Crippen molar-refractivity contribution >= 4 is 34.1 Å². The molecule has 0 fully saturated rings. The van der Waals surface area contributed by atoms with Gasteiger partial charge in [0.25, 0.3) is 11.6 Å². The lowest BCUT2D eigenvalue weighted by molar-refractivity contribution is -0.384. The molecule has 18 heavy (non-hydrogen) atoms. The van der Waals surface area contributed by atoms with Crippen LogP contribution in [0.25, 0.3) is 0 Å². The fourth-order valence-corrected chi connectivity index (χ4v) is 1.21. The Kier molecular flexibility index (Phi) is 4.61. The molecule has 0 unspecified atom stereocenters. The number of nitrogens with one attached hydrogen (secondary N) is 1. The summed E-state index contributed by atoms with van der Waals surface area (Å²) in [6, 6.07) is 5.57. The largest absolute Gasteiger partial charge is 0.343 e. The number of anilines is 1. The number of halogens is 1. The highest BCUT2D eigenvalue weighted by molar-refractivity contribution is 6.82. The monoisotopic (exact) mass is 270 g/mol. The van der Waals surface area contributed by atoms with Crippen molar-refractivity contribution in [2.24, 2.45) is 5.10 Å². The Bertz CT molecular complexity index is 484. The van der Waals surface area contributed by atoms with Crippen molar-refractivity contribution in [3.05, 3.63) is 34.4 Å². The lowest BCUT2D eigenvalue weighted by atomic mass is 10.3. The molecule has 96 valence electrons. The zero-order valence-corrected chi connectivity index (χ0v) is 10.5. The SMILES string of the molecule is CN(C)C(=O)/C(Cl)=N\Nc1ccc([N+](=O)[O-])cc1. The number of hydrogen-bond acceptors (Lipinski definition) is 5. The van der Waals surface area contributed by atoms with Crippen molar-refractivity contribution in [1.29, 1.82) is 0 Å². The molecule has 0 aliphatic heterocycles. The van der Waals surface area contributed by atoms with Gasteiger partial charge in [0.15, 0.2) is 0 Å². The van der Waals surface area contributed by atoms with Crippen molar-refractivity contribution in [2.75, 3.05) is 19.5 Å². The van der Waals surface area contributed by atoms with Gasteiger partial charge in [-0.25, -0.2) is 0 Å². The molecular weight excluding hydrogens is 260 g/mol. The summed E-state index contributed by atoms with van der Waals surface area (Å²) >= 11 is 5.65. The summed E-state index contributed by atoms with van der Waals surface area (Å²) in [5.41, 5.74) is 3.00. The van der Waals surface area contributed by atoms with E-state index in [-0.39, 0.29) is 10.9 Å². The molecule has 0 spiro atoms. The first-order valence-corrected chi connectivity index (χ1v) is 5.25. The van der Waals surface area contributed by atoms with Gasteiger partial charge >= 0.3 is 0 Å². The molecule has 0 atom stereocenters. The molecule has 0 aliphatic rings. The van der Waals surface area contributed by atoms with Gasteiger partial charge < -0.3 is 4.90 Å². The van der Waals surface area contributed by atoms with E-state index >= 15 is 0 Å². The molecule has 0 saturated heterocycles. The van der Waals surface area contributed by atoms with Crippen molar-refractivity contribution < 1.29 is 9.72 Å². The van der Waals surface area contributed by atoms with Crippen LogP contribution in [-0.2, 0) is 4.79 Å². The second kappa shape index (κ2) is 5.97. The number of nitrogens with zero attached hydrogens (tertiary/aromatic N) is 3. The van der Waals surface area contributed by atoms with Crippen LogP contribution < -0.4 is 5.43 Å². The van der Waals surface area contributed by atoms with Gasteiger partial charge in [0, 0.05) is 26.2 Å². The highest BCUT2D eigenvalue weighted by Gasteiger charge is 2.10. The van der Waals surface area contributed by atoms with Gasteiger partial charge in [0.2, 0.25) is 5.17 Å². The fraction of sp³-hybridized carbons (Fsp3) is 0.200. The van der Waals surface area contributed by atoms with Crippen LogP contribution in [0.5, 0.6) is 0 Å². The molecule has 0 aromatic heterocycles. The van der Waals surface area contributed by atoms with Gasteiger partial charge in [-0.15, -0.1) is 0 Å². The van der Waals surface area contributed by atoms with Gasteiger partial charge in [-0.2, -0.15) is 5.10 Å². The summed E-state index contributed by atoms with van der Waals surface area (Å²) < 4.78 is 0. The quantitative estimate of drug-likeness (QED) is 0.512. The van der Waals surface area contributed by atoms with Crippen LogP contribution >= 0.6 is 11.6 Å². The third-order valence-electron chi connectivity index (χ3n) is 1.94. The maximum atomic E-state index is 11.3. The molecule has 1 aromatic carbocycles. The first-order chi connectivity index (χ1) is 8.41. The Morgan fingerprint density at radius 2 is 1.94 bits per heavy atom. The molecule has 8 heteroatoms. The summed E-state index contributed by atoms with van der Waals surface area (Å²) in [5, 5.41) is 13.9. The average Bonchev–Trinajstić information content (AvgIpc) is 2.35. The number of nitro groups is 1. The summed E-state index contributed by atoms with van der Waals surface area (Å²) in [4.78, 5) is 22.5. The minimum absolute atomic E-state index is 0.0278. The summed E-state index contributed by atoms with van der Waals surface area (Å²) in [7, 11) is 3.10. The maximum Gasteiger partial charge on any atom is 0.285 e. The first kappa shape index (κ1) is 13.9. The maximum absolute atomic E-state index is 11.3. The zero-order valence-electron chi connectivity index (χ0n) is 9.75. The molecule has 0 radical (unpaired) electrons. The Labute approximate surface area is 108 Å². The van der Waals surface area contributed by atoms with E-state index in [1.165, 1.54) is 29.2 Å². The van der Waals surface area contributed by atoms with Crippen LogP contribution in [0.4, 0.5) is 11.4 Å². The number of nitro benzene ring substituents is 1. The number of carbonyl (C=O) groups is 1. The number of amides is 1. The molecule has 1 rings (SSSR count). The van der Waals surface area contributed by atoms with Crippen LogP contribution in [0.2, 0.25) is 0 Å². The molecule has 7 nitrogen and oxygen atoms in total. The molecule has 0 saturated carbocycles. The summed E-state index contributed by atoms with van der Waals surface area (Å²) in [6.45, 7) is 0. The molecular formula is C10H11ClN4O3. The number of benzene rings is 1. The number of hydrogen-bond donors (Lipinski definition) is 1.